The lowest BCUT2D eigenvalue weighted by molar-refractivity contribution is 0.660. The highest BCUT2D eigenvalue weighted by molar-refractivity contribution is 7.25. The van der Waals surface area contributed by atoms with Gasteiger partial charge in [-0.15, -0.1) is 11.3 Å². The van der Waals surface area contributed by atoms with Crippen molar-refractivity contribution in [3.05, 3.63) is 230 Å². The zero-order chi connectivity index (χ0) is 41.4. The predicted molar refractivity (Wildman–Crippen MR) is 267 cm³/mol. The number of benzene rings is 10. The van der Waals surface area contributed by atoms with Crippen molar-refractivity contribution in [1.82, 2.24) is 0 Å². The average molecular weight is 811 g/mol. The van der Waals surface area contributed by atoms with E-state index in [4.69, 9.17) is 0 Å². The van der Waals surface area contributed by atoms with Crippen LogP contribution < -0.4 is 9.80 Å². The lowest BCUT2D eigenvalue weighted by Gasteiger charge is -2.28. The molecule has 1 aliphatic carbocycles. The Balaban J connectivity index is 0.881. The molecule has 1 aromatic heterocycles. The van der Waals surface area contributed by atoms with Crippen LogP contribution in [0.2, 0.25) is 0 Å². The second-order valence-electron chi connectivity index (χ2n) is 17.0. The molecule has 62 heavy (non-hydrogen) atoms. The van der Waals surface area contributed by atoms with E-state index in [1.54, 1.807) is 0 Å². The standard InChI is InChI=1S/C59H42N2S/c1-59(2)55-19-11-9-17-51(55)52-31-29-50(38-56(52)59)61(46-15-7-4-8-16-46)48-28-26-42-34-40(22-24-44(42)36-48)39-21-23-43-35-47(27-25-41(43)33-39)60(45-13-5-3-6-14-45)49-30-32-58-54(37-49)53-18-10-12-20-57(53)62-58/h3-38H,1-2H3. The van der Waals surface area contributed by atoms with E-state index in [9.17, 15) is 0 Å². The summed E-state index contributed by atoms with van der Waals surface area (Å²) in [4.78, 5) is 4.77. The van der Waals surface area contributed by atoms with Gasteiger partial charge in [0.05, 0.1) is 0 Å². The molecule has 0 unspecified atom stereocenters. The molecule has 0 bridgehead atoms. The maximum Gasteiger partial charge on any atom is 0.0468 e. The van der Waals surface area contributed by atoms with E-state index in [0.29, 0.717) is 0 Å². The van der Waals surface area contributed by atoms with Crippen molar-refractivity contribution < 1.29 is 0 Å². The highest BCUT2D eigenvalue weighted by Crippen LogP contribution is 2.51. The number of rotatable bonds is 7. The highest BCUT2D eigenvalue weighted by Gasteiger charge is 2.35. The molecule has 10 aromatic carbocycles. The smallest absolute Gasteiger partial charge is 0.0468 e. The molecule has 0 amide bonds. The summed E-state index contributed by atoms with van der Waals surface area (Å²) in [6.45, 7) is 4.70. The zero-order valence-electron chi connectivity index (χ0n) is 34.6. The molecule has 12 rings (SSSR count). The van der Waals surface area contributed by atoms with Crippen LogP contribution in [0.1, 0.15) is 25.0 Å². The van der Waals surface area contributed by atoms with Gasteiger partial charge in [0.1, 0.15) is 0 Å². The van der Waals surface area contributed by atoms with Gasteiger partial charge in [0.15, 0.2) is 0 Å². The lowest BCUT2D eigenvalue weighted by atomic mass is 9.82. The monoisotopic (exact) mass is 810 g/mol. The molecule has 0 radical (unpaired) electrons. The molecule has 1 heterocycles. The Hall–Kier alpha value is -7.46. The SMILES string of the molecule is CC1(C)c2ccccc2-c2ccc(N(c3ccccc3)c3ccc4cc(-c5ccc6cc(N(c7ccccc7)c7ccc8sc9ccccc9c8c7)ccc6c5)ccc4c3)cc21. The summed E-state index contributed by atoms with van der Waals surface area (Å²) < 4.78 is 2.63. The Labute approximate surface area is 366 Å². The third-order valence-electron chi connectivity index (χ3n) is 13.0. The average Bonchev–Trinajstić information content (AvgIpc) is 3.80. The third-order valence-corrected chi connectivity index (χ3v) is 14.1. The minimum Gasteiger partial charge on any atom is -0.310 e. The van der Waals surface area contributed by atoms with Gasteiger partial charge < -0.3 is 9.80 Å². The number of para-hydroxylation sites is 2. The highest BCUT2D eigenvalue weighted by atomic mass is 32.1. The van der Waals surface area contributed by atoms with Crippen LogP contribution in [0, 0.1) is 0 Å². The molecule has 0 saturated carbocycles. The van der Waals surface area contributed by atoms with Gasteiger partial charge >= 0.3 is 0 Å². The number of thiophene rings is 1. The fourth-order valence-corrected chi connectivity index (χ4v) is 10.9. The Bertz CT molecular complexity index is 3510. The van der Waals surface area contributed by atoms with E-state index in [-0.39, 0.29) is 5.41 Å². The summed E-state index contributed by atoms with van der Waals surface area (Å²) in [7, 11) is 0. The minimum absolute atomic E-state index is 0.0762. The Morgan fingerprint density at radius 1 is 0.323 bits per heavy atom. The third kappa shape index (κ3) is 6.00. The van der Waals surface area contributed by atoms with E-state index < -0.39 is 0 Å². The van der Waals surface area contributed by atoms with Gasteiger partial charge in [0, 0.05) is 59.7 Å². The van der Waals surface area contributed by atoms with Crippen molar-refractivity contribution >= 4 is 87.2 Å². The van der Waals surface area contributed by atoms with Crippen LogP contribution in [-0.4, -0.2) is 0 Å². The molecule has 0 spiro atoms. The largest absolute Gasteiger partial charge is 0.310 e. The van der Waals surface area contributed by atoms with E-state index in [2.05, 4.69) is 242 Å². The fraction of sp³-hybridized carbons (Fsp3) is 0.0508. The number of hydrogen-bond acceptors (Lipinski definition) is 3. The van der Waals surface area contributed by atoms with Crippen LogP contribution in [0.5, 0.6) is 0 Å². The number of anilines is 6. The van der Waals surface area contributed by atoms with Gasteiger partial charge in [0.25, 0.3) is 0 Å². The van der Waals surface area contributed by atoms with Crippen LogP contribution in [0.25, 0.3) is 64.0 Å². The van der Waals surface area contributed by atoms with Crippen molar-refractivity contribution in [2.75, 3.05) is 9.80 Å². The van der Waals surface area contributed by atoms with Gasteiger partial charge in [-0.2, -0.15) is 0 Å². The predicted octanol–water partition coefficient (Wildman–Crippen LogP) is 17.3. The maximum atomic E-state index is 2.41. The fourth-order valence-electron chi connectivity index (χ4n) is 9.84. The first-order valence-electron chi connectivity index (χ1n) is 21.4. The van der Waals surface area contributed by atoms with E-state index in [1.165, 1.54) is 75.1 Å². The summed E-state index contributed by atoms with van der Waals surface area (Å²) in [6, 6.07) is 80.4. The molecule has 0 aliphatic heterocycles. The topological polar surface area (TPSA) is 6.48 Å². The molecule has 2 nitrogen and oxygen atoms in total. The van der Waals surface area contributed by atoms with Gasteiger partial charge in [-0.25, -0.2) is 0 Å². The number of fused-ring (bicyclic) bond motifs is 8. The molecule has 1 aliphatic rings. The van der Waals surface area contributed by atoms with Gasteiger partial charge in [-0.3, -0.25) is 0 Å². The molecule has 0 saturated heterocycles. The van der Waals surface area contributed by atoms with E-state index >= 15 is 0 Å². The second kappa shape index (κ2) is 14.3. The van der Waals surface area contributed by atoms with E-state index in [1.807, 2.05) is 11.3 Å². The maximum absolute atomic E-state index is 2.41. The number of nitrogens with zero attached hydrogens (tertiary/aromatic N) is 2. The van der Waals surface area contributed by atoms with E-state index in [0.717, 1.165) is 34.1 Å². The first-order valence-corrected chi connectivity index (χ1v) is 22.2. The second-order valence-corrected chi connectivity index (χ2v) is 18.1. The van der Waals surface area contributed by atoms with Gasteiger partial charge in [0.2, 0.25) is 0 Å². The first kappa shape index (κ1) is 36.4. The summed E-state index contributed by atoms with van der Waals surface area (Å²) in [5.41, 5.74) is 14.6. The Kier molecular flexibility index (Phi) is 8.41. The molecule has 3 heteroatoms. The normalized spacial score (nSPS) is 12.8. The van der Waals surface area contributed by atoms with Crippen LogP contribution in [0.3, 0.4) is 0 Å². The van der Waals surface area contributed by atoms with Crippen molar-refractivity contribution in [3.8, 4) is 22.3 Å². The lowest BCUT2D eigenvalue weighted by Crippen LogP contribution is -2.16. The molecular weight excluding hydrogens is 769 g/mol. The van der Waals surface area contributed by atoms with Crippen molar-refractivity contribution in [3.63, 3.8) is 0 Å². The molecule has 0 fully saturated rings. The van der Waals surface area contributed by atoms with Crippen LogP contribution in [0.4, 0.5) is 34.1 Å². The number of hydrogen-bond donors (Lipinski definition) is 0. The molecular formula is C59H42N2S. The molecule has 11 aromatic rings. The molecule has 0 N–H and O–H groups in total. The summed E-state index contributed by atoms with van der Waals surface area (Å²) >= 11 is 1.86. The molecule has 294 valence electrons. The van der Waals surface area contributed by atoms with Crippen molar-refractivity contribution in [1.29, 1.82) is 0 Å². The van der Waals surface area contributed by atoms with Crippen molar-refractivity contribution in [2.24, 2.45) is 0 Å². The molecule has 0 atom stereocenters. The van der Waals surface area contributed by atoms with Crippen LogP contribution in [-0.2, 0) is 5.41 Å². The summed E-state index contributed by atoms with van der Waals surface area (Å²) in [5.74, 6) is 0. The summed E-state index contributed by atoms with van der Waals surface area (Å²) in [5, 5.41) is 7.45. The Morgan fingerprint density at radius 2 is 0.790 bits per heavy atom. The quantitative estimate of drug-likeness (QED) is 0.158. The summed E-state index contributed by atoms with van der Waals surface area (Å²) in [6.07, 6.45) is 0. The van der Waals surface area contributed by atoms with Gasteiger partial charge in [-0.1, -0.05) is 135 Å². The van der Waals surface area contributed by atoms with Crippen LogP contribution in [0.15, 0.2) is 218 Å². The van der Waals surface area contributed by atoms with Crippen molar-refractivity contribution in [2.45, 2.75) is 19.3 Å². The minimum atomic E-state index is -0.0762. The zero-order valence-corrected chi connectivity index (χ0v) is 35.4. The Morgan fingerprint density at radius 3 is 1.45 bits per heavy atom. The van der Waals surface area contributed by atoms with Crippen LogP contribution >= 0.6 is 11.3 Å². The van der Waals surface area contributed by atoms with Gasteiger partial charge in [-0.05, 0) is 152 Å². The first-order chi connectivity index (χ1) is 30.5.